The van der Waals surface area contributed by atoms with Crippen molar-refractivity contribution < 1.29 is 19.1 Å². The van der Waals surface area contributed by atoms with Gasteiger partial charge < -0.3 is 14.8 Å². The Morgan fingerprint density at radius 1 is 1.36 bits per heavy atom. The highest BCUT2D eigenvalue weighted by atomic mass is 16.6. The number of para-hydroxylation sites is 1. The Morgan fingerprint density at radius 2 is 2.11 bits per heavy atom. The first-order valence-corrected chi connectivity index (χ1v) is 10.2. The fourth-order valence-electron chi connectivity index (χ4n) is 5.98. The second-order valence-electron chi connectivity index (χ2n) is 8.55. The monoisotopic (exact) mass is 386 g/mol. The van der Waals surface area contributed by atoms with E-state index in [4.69, 9.17) is 9.47 Å². The van der Waals surface area contributed by atoms with E-state index in [0.717, 1.165) is 43.6 Å². The number of nitrogens with one attached hydrogen (secondary N) is 1. The zero-order valence-electron chi connectivity index (χ0n) is 17.2. The smallest absolute Gasteiger partial charge is 0.338 e. The summed E-state index contributed by atoms with van der Waals surface area (Å²) >= 11 is 0. The number of hydrogen-bond acceptors (Lipinski definition) is 5. The van der Waals surface area contributed by atoms with Crippen LogP contribution in [0.5, 0.6) is 0 Å². The maximum absolute atomic E-state index is 13.2. The molecule has 6 heteroatoms. The van der Waals surface area contributed by atoms with Gasteiger partial charge in [0.1, 0.15) is 0 Å². The van der Waals surface area contributed by atoms with E-state index in [1.165, 1.54) is 7.11 Å². The predicted molar refractivity (Wildman–Crippen MR) is 106 cm³/mol. The summed E-state index contributed by atoms with van der Waals surface area (Å²) in [4.78, 5) is 28.3. The molecule has 1 aromatic carbocycles. The van der Waals surface area contributed by atoms with Crippen molar-refractivity contribution in [2.45, 2.75) is 50.2 Å². The third-order valence-corrected chi connectivity index (χ3v) is 7.63. The standard InChI is InChI=1S/C22H30N2O4/c1-5-14-13-24-11-10-22(15-8-6-7-9-17(15)23-19(22)25)18(24)12-16(14)21(2,28-4)20(26)27-3/h6-9,14,16,18H,5,10-13H2,1-4H3,(H,23,25)/t14-,16+,18?,21?,22+/m1/s1. The Bertz CT molecular complexity index is 796. The molecular formula is C22H30N2O4. The summed E-state index contributed by atoms with van der Waals surface area (Å²) in [6, 6.07) is 8.08. The molecule has 2 unspecified atom stereocenters. The molecule has 1 N–H and O–H groups in total. The second kappa shape index (κ2) is 6.85. The fourth-order valence-corrected chi connectivity index (χ4v) is 5.98. The van der Waals surface area contributed by atoms with Crippen LogP contribution in [0, 0.1) is 11.8 Å². The first kappa shape index (κ1) is 19.4. The van der Waals surface area contributed by atoms with Crippen LogP contribution in [0.25, 0.3) is 0 Å². The maximum Gasteiger partial charge on any atom is 0.338 e. The number of carbonyl (C=O) groups excluding carboxylic acids is 2. The predicted octanol–water partition coefficient (Wildman–Crippen LogP) is 2.58. The van der Waals surface area contributed by atoms with E-state index in [1.54, 1.807) is 7.11 Å². The highest BCUT2D eigenvalue weighted by molar-refractivity contribution is 6.07. The third-order valence-electron chi connectivity index (χ3n) is 7.63. The lowest BCUT2D eigenvalue weighted by Gasteiger charge is -2.49. The Kier molecular flexibility index (Phi) is 4.74. The molecule has 3 aliphatic heterocycles. The molecule has 4 rings (SSSR count). The van der Waals surface area contributed by atoms with Crippen LogP contribution in [0.4, 0.5) is 5.69 Å². The molecule has 1 spiro atoms. The molecule has 152 valence electrons. The van der Waals surface area contributed by atoms with Crippen molar-refractivity contribution in [3.8, 4) is 0 Å². The average Bonchev–Trinajstić information content (AvgIpc) is 3.24. The summed E-state index contributed by atoms with van der Waals surface area (Å²) < 4.78 is 10.9. The van der Waals surface area contributed by atoms with Crippen molar-refractivity contribution in [1.82, 2.24) is 4.90 Å². The van der Waals surface area contributed by atoms with Crippen LogP contribution >= 0.6 is 0 Å². The molecule has 3 heterocycles. The van der Waals surface area contributed by atoms with Crippen LogP contribution in [0.3, 0.4) is 0 Å². The molecule has 0 saturated carbocycles. The first-order chi connectivity index (χ1) is 13.4. The van der Waals surface area contributed by atoms with Gasteiger partial charge in [0, 0.05) is 31.3 Å². The molecular weight excluding hydrogens is 356 g/mol. The lowest BCUT2D eigenvalue weighted by atomic mass is 9.65. The second-order valence-corrected chi connectivity index (χ2v) is 8.55. The van der Waals surface area contributed by atoms with Gasteiger partial charge in [-0.15, -0.1) is 0 Å². The normalized spacial score (nSPS) is 33.9. The number of amides is 1. The zero-order valence-corrected chi connectivity index (χ0v) is 17.2. The van der Waals surface area contributed by atoms with Crippen LogP contribution in [0.2, 0.25) is 0 Å². The van der Waals surface area contributed by atoms with Crippen LogP contribution in [0.15, 0.2) is 24.3 Å². The van der Waals surface area contributed by atoms with Gasteiger partial charge in [-0.3, -0.25) is 9.69 Å². The number of carbonyl (C=O) groups is 2. The number of methoxy groups -OCH3 is 2. The number of hydrogen-bond donors (Lipinski definition) is 1. The average molecular weight is 386 g/mol. The van der Waals surface area contributed by atoms with Crippen LogP contribution in [-0.2, 0) is 24.5 Å². The minimum atomic E-state index is -1.01. The molecule has 2 saturated heterocycles. The van der Waals surface area contributed by atoms with Gasteiger partial charge in [-0.25, -0.2) is 4.79 Å². The van der Waals surface area contributed by atoms with E-state index < -0.39 is 11.0 Å². The third kappa shape index (κ3) is 2.47. The van der Waals surface area contributed by atoms with E-state index in [-0.39, 0.29) is 23.8 Å². The summed E-state index contributed by atoms with van der Waals surface area (Å²) in [6.07, 6.45) is 2.50. The summed E-state index contributed by atoms with van der Waals surface area (Å²) in [5, 5.41) is 3.10. The Hall–Kier alpha value is -1.92. The topological polar surface area (TPSA) is 67.9 Å². The van der Waals surface area contributed by atoms with Gasteiger partial charge in [0.05, 0.1) is 12.5 Å². The highest BCUT2D eigenvalue weighted by Gasteiger charge is 2.62. The summed E-state index contributed by atoms with van der Waals surface area (Å²) in [5.41, 5.74) is 0.461. The molecule has 1 amide bonds. The van der Waals surface area contributed by atoms with Crippen molar-refractivity contribution >= 4 is 17.6 Å². The minimum absolute atomic E-state index is 0.00765. The molecule has 0 radical (unpaired) electrons. The van der Waals surface area contributed by atoms with E-state index in [9.17, 15) is 9.59 Å². The van der Waals surface area contributed by atoms with E-state index in [1.807, 2.05) is 25.1 Å². The molecule has 0 aromatic heterocycles. The Balaban J connectivity index is 1.75. The fraction of sp³-hybridized carbons (Fsp3) is 0.636. The van der Waals surface area contributed by atoms with Crippen LogP contribution < -0.4 is 5.32 Å². The molecule has 2 fully saturated rings. The maximum atomic E-state index is 13.2. The number of esters is 1. The number of benzene rings is 1. The molecule has 0 bridgehead atoms. The molecule has 0 aliphatic carbocycles. The number of anilines is 1. The number of fused-ring (bicyclic) bond motifs is 4. The SMILES string of the molecule is CC[C@@H]1CN2CC[C@@]3(C(=O)Nc4ccccc43)C2C[C@@H]1C(C)(OC)C(=O)OC. The number of rotatable bonds is 4. The lowest BCUT2D eigenvalue weighted by molar-refractivity contribution is -0.178. The molecule has 5 atom stereocenters. The highest BCUT2D eigenvalue weighted by Crippen LogP contribution is 2.53. The van der Waals surface area contributed by atoms with E-state index in [2.05, 4.69) is 23.2 Å². The Labute approximate surface area is 166 Å². The lowest BCUT2D eigenvalue weighted by Crippen LogP contribution is -2.59. The van der Waals surface area contributed by atoms with Gasteiger partial charge >= 0.3 is 5.97 Å². The summed E-state index contributed by atoms with van der Waals surface area (Å²) in [5.74, 6) is 0.0594. The van der Waals surface area contributed by atoms with Gasteiger partial charge in [0.25, 0.3) is 0 Å². The van der Waals surface area contributed by atoms with Crippen molar-refractivity contribution in [2.24, 2.45) is 11.8 Å². The Morgan fingerprint density at radius 3 is 2.79 bits per heavy atom. The molecule has 1 aromatic rings. The van der Waals surface area contributed by atoms with Crippen molar-refractivity contribution in [2.75, 3.05) is 32.6 Å². The first-order valence-electron chi connectivity index (χ1n) is 10.2. The van der Waals surface area contributed by atoms with Crippen molar-refractivity contribution in [1.29, 1.82) is 0 Å². The van der Waals surface area contributed by atoms with E-state index >= 15 is 0 Å². The number of ether oxygens (including phenoxy) is 2. The minimum Gasteiger partial charge on any atom is -0.467 e. The number of nitrogens with zero attached hydrogens (tertiary/aromatic N) is 1. The molecule has 3 aliphatic rings. The van der Waals surface area contributed by atoms with Crippen LogP contribution in [0.1, 0.15) is 38.7 Å². The van der Waals surface area contributed by atoms with Gasteiger partial charge in [-0.2, -0.15) is 0 Å². The van der Waals surface area contributed by atoms with Gasteiger partial charge in [-0.05, 0) is 43.9 Å². The molecule has 6 nitrogen and oxygen atoms in total. The van der Waals surface area contributed by atoms with Gasteiger partial charge in [0.15, 0.2) is 5.60 Å². The zero-order chi connectivity index (χ0) is 20.1. The quantitative estimate of drug-likeness (QED) is 0.806. The van der Waals surface area contributed by atoms with Gasteiger partial charge in [-0.1, -0.05) is 31.5 Å². The number of piperidine rings is 1. The van der Waals surface area contributed by atoms with Crippen molar-refractivity contribution in [3.05, 3.63) is 29.8 Å². The van der Waals surface area contributed by atoms with Crippen LogP contribution in [-0.4, -0.2) is 55.7 Å². The van der Waals surface area contributed by atoms with E-state index in [0.29, 0.717) is 5.92 Å². The molecule has 28 heavy (non-hydrogen) atoms. The summed E-state index contributed by atoms with van der Waals surface area (Å²) in [7, 11) is 2.99. The van der Waals surface area contributed by atoms with Crippen molar-refractivity contribution in [3.63, 3.8) is 0 Å². The van der Waals surface area contributed by atoms with Gasteiger partial charge in [0.2, 0.25) is 5.91 Å². The largest absolute Gasteiger partial charge is 0.467 e. The summed E-state index contributed by atoms with van der Waals surface area (Å²) in [6.45, 7) is 5.78.